The molecule has 252 valence electrons. The lowest BCUT2D eigenvalue weighted by Crippen LogP contribution is -2.45. The fraction of sp³-hybridized carbons (Fsp3) is 0.250. The Morgan fingerprint density at radius 2 is 1.77 bits per heavy atom. The molecule has 1 heterocycles. The van der Waals surface area contributed by atoms with E-state index in [0.29, 0.717) is 33.9 Å². The normalized spacial score (nSPS) is 14.1. The number of hydrogen-bond acceptors (Lipinski definition) is 11. The molecule has 16 heteroatoms. The number of nitro groups is 1. The van der Waals surface area contributed by atoms with Gasteiger partial charge in [0.25, 0.3) is 11.6 Å². The molecule has 1 atom stereocenters. The number of nitro benzene ring substituents is 1. The number of halogens is 1. The van der Waals surface area contributed by atoms with Crippen molar-refractivity contribution >= 4 is 52.4 Å². The molecular formula is C32H32IN5O10. The summed E-state index contributed by atoms with van der Waals surface area (Å²) in [6, 6.07) is 13.0. The third kappa shape index (κ3) is 8.90. The van der Waals surface area contributed by atoms with Gasteiger partial charge in [-0.2, -0.15) is 5.10 Å². The van der Waals surface area contributed by atoms with E-state index in [4.69, 9.17) is 23.7 Å². The molecular weight excluding hydrogens is 741 g/mol. The number of nitrogens with zero attached hydrogens (tertiary/aromatic N) is 2. The van der Waals surface area contributed by atoms with Gasteiger partial charge in [0, 0.05) is 27.0 Å². The number of benzene rings is 3. The molecule has 0 aromatic heterocycles. The van der Waals surface area contributed by atoms with Crippen molar-refractivity contribution in [3.63, 3.8) is 0 Å². The maximum atomic E-state index is 12.6. The number of allylic oxidation sites excluding steroid dienone is 1. The van der Waals surface area contributed by atoms with Crippen LogP contribution in [0.25, 0.3) is 0 Å². The number of carbonyl (C=O) groups is 3. The molecule has 0 saturated carbocycles. The summed E-state index contributed by atoms with van der Waals surface area (Å²) < 4.78 is 28.6. The minimum atomic E-state index is -0.805. The first-order chi connectivity index (χ1) is 23.0. The molecule has 0 aliphatic carbocycles. The molecule has 0 spiro atoms. The molecule has 15 nitrogen and oxygen atoms in total. The fourth-order valence-corrected chi connectivity index (χ4v) is 5.23. The minimum Gasteiger partial charge on any atom is -0.493 e. The van der Waals surface area contributed by atoms with E-state index < -0.39 is 35.5 Å². The fourth-order valence-electron chi connectivity index (χ4n) is 4.62. The van der Waals surface area contributed by atoms with Crippen LogP contribution >= 0.6 is 22.6 Å². The highest BCUT2D eigenvalue weighted by atomic mass is 127. The largest absolute Gasteiger partial charge is 0.493 e. The predicted molar refractivity (Wildman–Crippen MR) is 181 cm³/mol. The van der Waals surface area contributed by atoms with Gasteiger partial charge in [0.2, 0.25) is 0 Å². The smallest absolute Gasteiger partial charge is 0.338 e. The van der Waals surface area contributed by atoms with Crippen LogP contribution in [0, 0.1) is 13.7 Å². The summed E-state index contributed by atoms with van der Waals surface area (Å²) in [5.41, 5.74) is 4.73. The van der Waals surface area contributed by atoms with Gasteiger partial charge in [-0.05, 0) is 84.0 Å². The van der Waals surface area contributed by atoms with Gasteiger partial charge in [0.15, 0.2) is 29.6 Å². The van der Waals surface area contributed by atoms with E-state index >= 15 is 0 Å². The maximum Gasteiger partial charge on any atom is 0.338 e. The van der Waals surface area contributed by atoms with Crippen molar-refractivity contribution in [2.45, 2.75) is 26.5 Å². The van der Waals surface area contributed by atoms with Crippen LogP contribution < -0.4 is 35.0 Å². The van der Waals surface area contributed by atoms with Crippen LogP contribution in [0.15, 0.2) is 71.0 Å². The van der Waals surface area contributed by atoms with Crippen LogP contribution in [-0.4, -0.2) is 56.5 Å². The third-order valence-electron chi connectivity index (χ3n) is 6.84. The Morgan fingerprint density at radius 3 is 2.44 bits per heavy atom. The van der Waals surface area contributed by atoms with Crippen LogP contribution in [-0.2, 0) is 20.9 Å². The van der Waals surface area contributed by atoms with Crippen molar-refractivity contribution in [2.75, 3.05) is 27.4 Å². The summed E-state index contributed by atoms with van der Waals surface area (Å²) in [6.07, 6.45) is 1.40. The average Bonchev–Trinajstić information content (AvgIpc) is 3.06. The molecule has 3 N–H and O–H groups in total. The van der Waals surface area contributed by atoms with Gasteiger partial charge in [-0.1, -0.05) is 6.07 Å². The van der Waals surface area contributed by atoms with Crippen molar-refractivity contribution in [2.24, 2.45) is 5.10 Å². The average molecular weight is 774 g/mol. The van der Waals surface area contributed by atoms with E-state index in [1.54, 1.807) is 56.3 Å². The zero-order chi connectivity index (χ0) is 34.8. The SMILES string of the molecule is CCOC(=O)C1=C(C)NC(=O)N[C@@H]1c1ccc(OCC(=O)N/N=C/c2cc(I)cc(OC)c2OCc2ccc([N+](=O)[O-])cc2)c(OC)c1. The molecule has 3 amide bonds. The minimum absolute atomic E-state index is 0.0297. The molecule has 0 bridgehead atoms. The highest BCUT2D eigenvalue weighted by Crippen LogP contribution is 2.35. The van der Waals surface area contributed by atoms with Crippen molar-refractivity contribution in [3.05, 3.63) is 96.2 Å². The van der Waals surface area contributed by atoms with E-state index in [1.165, 1.54) is 32.6 Å². The van der Waals surface area contributed by atoms with Gasteiger partial charge in [-0.3, -0.25) is 14.9 Å². The lowest BCUT2D eigenvalue weighted by Gasteiger charge is -2.28. The van der Waals surface area contributed by atoms with E-state index in [9.17, 15) is 24.5 Å². The van der Waals surface area contributed by atoms with E-state index in [0.717, 1.165) is 3.57 Å². The summed E-state index contributed by atoms with van der Waals surface area (Å²) in [5.74, 6) is 0.144. The highest BCUT2D eigenvalue weighted by Gasteiger charge is 2.32. The van der Waals surface area contributed by atoms with E-state index in [-0.39, 0.29) is 36.0 Å². The number of nitrogens with one attached hydrogen (secondary N) is 3. The van der Waals surface area contributed by atoms with Gasteiger partial charge in [0.05, 0.1) is 43.6 Å². The van der Waals surface area contributed by atoms with E-state index in [2.05, 4.69) is 43.8 Å². The van der Waals surface area contributed by atoms with Crippen LogP contribution in [0.1, 0.15) is 36.6 Å². The van der Waals surface area contributed by atoms with Gasteiger partial charge < -0.3 is 34.3 Å². The second kappa shape index (κ2) is 16.4. The number of ether oxygens (including phenoxy) is 5. The second-order valence-electron chi connectivity index (χ2n) is 10.0. The number of hydrogen-bond donors (Lipinski definition) is 3. The third-order valence-corrected chi connectivity index (χ3v) is 7.46. The van der Waals surface area contributed by atoms with Crippen LogP contribution in [0.2, 0.25) is 0 Å². The number of urea groups is 1. The number of rotatable bonds is 14. The van der Waals surface area contributed by atoms with Crippen molar-refractivity contribution in [3.8, 4) is 23.0 Å². The van der Waals surface area contributed by atoms with Gasteiger partial charge in [-0.25, -0.2) is 15.0 Å². The Labute approximate surface area is 288 Å². The predicted octanol–water partition coefficient (Wildman–Crippen LogP) is 4.52. The van der Waals surface area contributed by atoms with Crippen LogP contribution in [0.5, 0.6) is 23.0 Å². The lowest BCUT2D eigenvalue weighted by molar-refractivity contribution is -0.384. The Bertz CT molecular complexity index is 1760. The summed E-state index contributed by atoms with van der Waals surface area (Å²) in [5, 5.41) is 20.3. The van der Waals surface area contributed by atoms with Crippen molar-refractivity contribution in [1.82, 2.24) is 16.1 Å². The molecule has 0 fully saturated rings. The Kier molecular flexibility index (Phi) is 12.1. The first-order valence-corrected chi connectivity index (χ1v) is 15.4. The Morgan fingerprint density at radius 1 is 1.04 bits per heavy atom. The number of methoxy groups -OCH3 is 2. The molecule has 1 aliphatic heterocycles. The zero-order valence-corrected chi connectivity index (χ0v) is 28.5. The van der Waals surface area contributed by atoms with Gasteiger partial charge >= 0.3 is 12.0 Å². The molecule has 4 rings (SSSR count). The first kappa shape index (κ1) is 35.5. The topological polar surface area (TPSA) is 189 Å². The number of amides is 3. The first-order valence-electron chi connectivity index (χ1n) is 14.4. The van der Waals surface area contributed by atoms with Crippen LogP contribution in [0.4, 0.5) is 10.5 Å². The second-order valence-corrected chi connectivity index (χ2v) is 11.3. The summed E-state index contributed by atoms with van der Waals surface area (Å²) in [4.78, 5) is 47.9. The highest BCUT2D eigenvalue weighted by molar-refractivity contribution is 14.1. The molecule has 3 aromatic carbocycles. The Hall–Kier alpha value is -5.39. The quantitative estimate of drug-likeness (QED) is 0.0691. The molecule has 0 unspecified atom stereocenters. The molecule has 1 aliphatic rings. The standard InChI is InChI=1S/C32H32IN5O10/c1-5-46-31(40)28-18(2)35-32(41)36-29(28)20-8-11-24(25(13-20)44-3)47-17-27(39)37-34-15-21-12-22(33)14-26(45-4)30(21)48-16-19-6-9-23(10-7-19)38(42)43/h6-15,29H,5,16-17H2,1-4H3,(H,37,39)(H2,35,36,41)/b34-15+/t29-/m1/s1. The number of non-ortho nitro benzene ring substituents is 1. The lowest BCUT2D eigenvalue weighted by atomic mass is 9.95. The monoisotopic (exact) mass is 773 g/mol. The maximum absolute atomic E-state index is 12.6. The zero-order valence-electron chi connectivity index (χ0n) is 26.3. The molecule has 3 aromatic rings. The molecule has 48 heavy (non-hydrogen) atoms. The van der Waals surface area contributed by atoms with Crippen LogP contribution in [0.3, 0.4) is 0 Å². The number of hydrazone groups is 1. The number of esters is 1. The Balaban J connectivity index is 1.42. The molecule has 0 saturated heterocycles. The van der Waals surface area contributed by atoms with Gasteiger partial charge in [-0.15, -0.1) is 0 Å². The summed E-state index contributed by atoms with van der Waals surface area (Å²) in [7, 11) is 2.91. The van der Waals surface area contributed by atoms with Crippen molar-refractivity contribution in [1.29, 1.82) is 0 Å². The number of carbonyl (C=O) groups excluding carboxylic acids is 3. The van der Waals surface area contributed by atoms with E-state index in [1.807, 2.05) is 0 Å². The van der Waals surface area contributed by atoms with Gasteiger partial charge in [0.1, 0.15) is 6.61 Å². The molecule has 0 radical (unpaired) electrons. The summed E-state index contributed by atoms with van der Waals surface area (Å²) in [6.45, 7) is 3.14. The summed E-state index contributed by atoms with van der Waals surface area (Å²) >= 11 is 2.11. The van der Waals surface area contributed by atoms with Crippen molar-refractivity contribution < 1.29 is 43.0 Å².